The highest BCUT2D eigenvalue weighted by Gasteiger charge is 2.41. The van der Waals surface area contributed by atoms with Crippen molar-refractivity contribution in [2.24, 2.45) is 0 Å². The van der Waals surface area contributed by atoms with Crippen LogP contribution in [0.25, 0.3) is 22.0 Å². The van der Waals surface area contributed by atoms with Crippen LogP contribution in [0.4, 0.5) is 0 Å². The largest absolute Gasteiger partial charge is 0.495 e. The topological polar surface area (TPSA) is 44.5 Å². The van der Waals surface area contributed by atoms with Crippen molar-refractivity contribution < 1.29 is 13.9 Å². The van der Waals surface area contributed by atoms with Crippen LogP contribution in [0.5, 0.6) is 11.5 Å². The van der Waals surface area contributed by atoms with Crippen molar-refractivity contribution in [2.75, 3.05) is 7.11 Å². The van der Waals surface area contributed by atoms with Crippen LogP contribution >= 0.6 is 0 Å². The van der Waals surface area contributed by atoms with E-state index in [2.05, 4.69) is 20.8 Å². The average molecular weight is 283 g/mol. The smallest absolute Gasteiger partial charge is 0.230 e. The zero-order valence-corrected chi connectivity index (χ0v) is 12.6. The van der Waals surface area contributed by atoms with E-state index in [4.69, 9.17) is 18.9 Å². The molecule has 1 aliphatic rings. The van der Waals surface area contributed by atoms with E-state index in [9.17, 15) is 0 Å². The molecular formula is C17H17NO3. The molecule has 3 heterocycles. The van der Waals surface area contributed by atoms with Crippen molar-refractivity contribution in [1.82, 2.24) is 4.98 Å². The van der Waals surface area contributed by atoms with E-state index in [1.807, 2.05) is 18.2 Å². The SMILES string of the molecule is COc1c2ccoc2nc2c3c(ccc12)OC(C)C3(C)C. The molecule has 1 unspecified atom stereocenters. The zero-order valence-electron chi connectivity index (χ0n) is 12.6. The van der Waals surface area contributed by atoms with E-state index in [-0.39, 0.29) is 11.5 Å². The molecule has 3 aromatic rings. The Morgan fingerprint density at radius 2 is 2.00 bits per heavy atom. The Morgan fingerprint density at radius 1 is 1.19 bits per heavy atom. The van der Waals surface area contributed by atoms with Crippen molar-refractivity contribution in [2.45, 2.75) is 32.3 Å². The summed E-state index contributed by atoms with van der Waals surface area (Å²) in [6, 6.07) is 5.91. The molecule has 0 spiro atoms. The molecule has 0 radical (unpaired) electrons. The summed E-state index contributed by atoms with van der Waals surface area (Å²) in [5, 5.41) is 1.89. The van der Waals surface area contributed by atoms with E-state index in [0.717, 1.165) is 33.4 Å². The molecule has 21 heavy (non-hydrogen) atoms. The number of methoxy groups -OCH3 is 1. The van der Waals surface area contributed by atoms with Gasteiger partial charge in [0.25, 0.3) is 0 Å². The Bertz CT molecular complexity index is 863. The molecular weight excluding hydrogens is 266 g/mol. The van der Waals surface area contributed by atoms with Crippen molar-refractivity contribution in [3.05, 3.63) is 30.0 Å². The molecule has 108 valence electrons. The number of aromatic nitrogens is 1. The lowest BCUT2D eigenvalue weighted by Crippen LogP contribution is -2.29. The first-order chi connectivity index (χ1) is 10.0. The molecule has 2 aromatic heterocycles. The fourth-order valence-corrected chi connectivity index (χ4v) is 3.16. The highest BCUT2D eigenvalue weighted by Crippen LogP contribution is 2.48. The van der Waals surface area contributed by atoms with Crippen LogP contribution in [0, 0.1) is 0 Å². The minimum atomic E-state index is -0.104. The summed E-state index contributed by atoms with van der Waals surface area (Å²) in [6.45, 7) is 6.46. The summed E-state index contributed by atoms with van der Waals surface area (Å²) < 4.78 is 17.1. The summed E-state index contributed by atoms with van der Waals surface area (Å²) in [7, 11) is 1.68. The van der Waals surface area contributed by atoms with Gasteiger partial charge in [-0.25, -0.2) is 4.98 Å². The lowest BCUT2D eigenvalue weighted by atomic mass is 9.80. The highest BCUT2D eigenvalue weighted by molar-refractivity contribution is 6.01. The maximum absolute atomic E-state index is 5.99. The molecule has 4 rings (SSSR count). The summed E-state index contributed by atoms with van der Waals surface area (Å²) in [4.78, 5) is 4.72. The molecule has 0 amide bonds. The lowest BCUT2D eigenvalue weighted by molar-refractivity contribution is 0.186. The van der Waals surface area contributed by atoms with Gasteiger partial charge in [0.2, 0.25) is 5.71 Å². The average Bonchev–Trinajstić information content (AvgIpc) is 2.99. The third-order valence-electron chi connectivity index (χ3n) is 4.66. The molecule has 0 N–H and O–H groups in total. The van der Waals surface area contributed by atoms with E-state index in [0.29, 0.717) is 5.71 Å². The number of benzene rings is 1. The molecule has 4 heteroatoms. The van der Waals surface area contributed by atoms with Crippen LogP contribution in [-0.2, 0) is 5.41 Å². The van der Waals surface area contributed by atoms with Crippen LogP contribution in [-0.4, -0.2) is 18.2 Å². The predicted octanol–water partition coefficient (Wildman–Crippen LogP) is 4.05. The van der Waals surface area contributed by atoms with Gasteiger partial charge in [-0.3, -0.25) is 0 Å². The van der Waals surface area contributed by atoms with Gasteiger partial charge in [0.15, 0.2) is 0 Å². The second kappa shape index (κ2) is 3.91. The van der Waals surface area contributed by atoms with Crippen molar-refractivity contribution >= 4 is 22.0 Å². The van der Waals surface area contributed by atoms with Gasteiger partial charge in [0.1, 0.15) is 17.6 Å². The zero-order chi connectivity index (χ0) is 14.8. The van der Waals surface area contributed by atoms with Gasteiger partial charge in [-0.1, -0.05) is 13.8 Å². The maximum atomic E-state index is 5.99. The van der Waals surface area contributed by atoms with Gasteiger partial charge in [0, 0.05) is 16.4 Å². The van der Waals surface area contributed by atoms with Crippen LogP contribution in [0.3, 0.4) is 0 Å². The quantitative estimate of drug-likeness (QED) is 0.676. The first-order valence-corrected chi connectivity index (χ1v) is 7.09. The number of hydrogen-bond acceptors (Lipinski definition) is 4. The van der Waals surface area contributed by atoms with Crippen molar-refractivity contribution in [3.8, 4) is 11.5 Å². The Hall–Kier alpha value is -2.23. The van der Waals surface area contributed by atoms with Crippen LogP contribution < -0.4 is 9.47 Å². The Labute approximate surface area is 122 Å². The maximum Gasteiger partial charge on any atom is 0.230 e. The Balaban J connectivity index is 2.19. The third-order valence-corrected chi connectivity index (χ3v) is 4.66. The molecule has 0 fully saturated rings. The molecule has 0 aliphatic carbocycles. The van der Waals surface area contributed by atoms with E-state index in [1.165, 1.54) is 0 Å². The number of nitrogens with zero attached hydrogens (tertiary/aromatic N) is 1. The molecule has 0 saturated carbocycles. The molecule has 1 aromatic carbocycles. The number of furan rings is 1. The Morgan fingerprint density at radius 3 is 2.76 bits per heavy atom. The van der Waals surface area contributed by atoms with Gasteiger partial charge in [-0.05, 0) is 25.1 Å². The minimum absolute atomic E-state index is 0.104. The normalized spacial score (nSPS) is 19.7. The van der Waals surface area contributed by atoms with Crippen LogP contribution in [0.15, 0.2) is 28.9 Å². The number of hydrogen-bond donors (Lipinski definition) is 0. The molecule has 0 bridgehead atoms. The summed E-state index contributed by atoms with van der Waals surface area (Å²) in [5.74, 6) is 1.71. The van der Waals surface area contributed by atoms with Crippen LogP contribution in [0.1, 0.15) is 26.3 Å². The summed E-state index contributed by atoms with van der Waals surface area (Å²) in [5.41, 5.74) is 2.53. The first-order valence-electron chi connectivity index (χ1n) is 7.09. The van der Waals surface area contributed by atoms with E-state index in [1.54, 1.807) is 13.4 Å². The van der Waals surface area contributed by atoms with Crippen LogP contribution in [0.2, 0.25) is 0 Å². The second-order valence-electron chi connectivity index (χ2n) is 6.10. The second-order valence-corrected chi connectivity index (χ2v) is 6.10. The van der Waals surface area contributed by atoms with Gasteiger partial charge in [-0.15, -0.1) is 0 Å². The fraction of sp³-hybridized carbons (Fsp3) is 0.353. The molecule has 4 nitrogen and oxygen atoms in total. The summed E-state index contributed by atoms with van der Waals surface area (Å²) >= 11 is 0. The monoisotopic (exact) mass is 283 g/mol. The molecule has 1 atom stereocenters. The summed E-state index contributed by atoms with van der Waals surface area (Å²) in [6.07, 6.45) is 1.75. The number of fused-ring (bicyclic) bond motifs is 4. The van der Waals surface area contributed by atoms with Crippen molar-refractivity contribution in [1.29, 1.82) is 0 Å². The lowest BCUT2D eigenvalue weighted by Gasteiger charge is -2.23. The number of rotatable bonds is 1. The third kappa shape index (κ3) is 1.47. The van der Waals surface area contributed by atoms with E-state index >= 15 is 0 Å². The van der Waals surface area contributed by atoms with Gasteiger partial charge >= 0.3 is 0 Å². The number of pyridine rings is 1. The standard InChI is InChI=1S/C17H17NO3/c1-9-17(2,3)13-12(21-9)6-5-10-14(13)18-16-11(7-8-20-16)15(10)19-4/h5-9H,1-4H3. The predicted molar refractivity (Wildman–Crippen MR) is 81.2 cm³/mol. The van der Waals surface area contributed by atoms with Crippen molar-refractivity contribution in [3.63, 3.8) is 0 Å². The van der Waals surface area contributed by atoms with E-state index < -0.39 is 0 Å². The molecule has 0 saturated heterocycles. The highest BCUT2D eigenvalue weighted by atomic mass is 16.5. The van der Waals surface area contributed by atoms with Gasteiger partial charge in [-0.2, -0.15) is 0 Å². The Kier molecular flexibility index (Phi) is 2.33. The van der Waals surface area contributed by atoms with Gasteiger partial charge < -0.3 is 13.9 Å². The van der Waals surface area contributed by atoms with Gasteiger partial charge in [0.05, 0.1) is 24.3 Å². The minimum Gasteiger partial charge on any atom is -0.495 e. The fourth-order valence-electron chi connectivity index (χ4n) is 3.16. The number of ether oxygens (including phenoxy) is 2. The first kappa shape index (κ1) is 12.5. The molecule has 1 aliphatic heterocycles.